The van der Waals surface area contributed by atoms with Crippen LogP contribution in [0.3, 0.4) is 0 Å². The number of aliphatic hydroxyl groups is 3. The summed E-state index contributed by atoms with van der Waals surface area (Å²) in [4.78, 5) is 23.8. The molecule has 0 bridgehead atoms. The van der Waals surface area contributed by atoms with Crippen LogP contribution in [-0.4, -0.2) is 71.8 Å². The number of nitrogens with zero attached hydrogens (tertiary/aromatic N) is 5. The topological polar surface area (TPSA) is 155 Å². The summed E-state index contributed by atoms with van der Waals surface area (Å²) >= 11 is 0. The van der Waals surface area contributed by atoms with Gasteiger partial charge in [-0.25, -0.2) is 15.0 Å². The van der Waals surface area contributed by atoms with Crippen LogP contribution in [0.2, 0.25) is 0 Å². The molecule has 11 heteroatoms. The highest BCUT2D eigenvalue weighted by molar-refractivity contribution is 5.85. The van der Waals surface area contributed by atoms with E-state index < -0.39 is 31.1 Å². The van der Waals surface area contributed by atoms with Crippen molar-refractivity contribution in [2.45, 2.75) is 37.9 Å². The number of nitrogens with one attached hydrogen (secondary N) is 1. The van der Waals surface area contributed by atoms with Gasteiger partial charge < -0.3 is 20.1 Å². The number of hydrogen-bond donors (Lipinski definition) is 4. The molecule has 31 heavy (non-hydrogen) atoms. The smallest absolute Gasteiger partial charge is 0.177 e. The van der Waals surface area contributed by atoms with Gasteiger partial charge in [0.25, 0.3) is 0 Å². The van der Waals surface area contributed by atoms with Gasteiger partial charge in [0.05, 0.1) is 19.1 Å². The van der Waals surface area contributed by atoms with Gasteiger partial charge in [0.15, 0.2) is 23.2 Å². The molecule has 4 N–H and O–H groups in total. The maximum Gasteiger partial charge on any atom is 0.177 e. The number of hydrazone groups is 1. The second kappa shape index (κ2) is 8.86. The highest BCUT2D eigenvalue weighted by atomic mass is 16.6. The molecular formula is C20H22N6O5. The highest BCUT2D eigenvalue weighted by Crippen LogP contribution is 2.32. The van der Waals surface area contributed by atoms with Crippen LogP contribution in [0.1, 0.15) is 24.3 Å². The van der Waals surface area contributed by atoms with E-state index in [4.69, 9.17) is 4.74 Å². The van der Waals surface area contributed by atoms with Crippen molar-refractivity contribution in [1.82, 2.24) is 19.5 Å². The molecule has 1 aliphatic rings. The molecule has 0 amide bonds. The lowest BCUT2D eigenvalue weighted by Gasteiger charge is -2.16. The summed E-state index contributed by atoms with van der Waals surface area (Å²) in [5.74, 6) is 0.451. The lowest BCUT2D eigenvalue weighted by atomic mass is 10.1. The third-order valence-electron chi connectivity index (χ3n) is 4.97. The average Bonchev–Trinajstić information content (AvgIpc) is 3.31. The number of hydrogen-bond acceptors (Lipinski definition) is 10. The summed E-state index contributed by atoms with van der Waals surface area (Å²) < 4.78 is 7.02. The molecule has 162 valence electrons. The number of carbonyl (C=O) groups excluding carboxylic acids is 1. The second-order valence-electron chi connectivity index (χ2n) is 7.27. The predicted octanol–water partition coefficient (Wildman–Crippen LogP) is 0.0153. The van der Waals surface area contributed by atoms with Crippen LogP contribution >= 0.6 is 0 Å². The Hall–Kier alpha value is -3.25. The van der Waals surface area contributed by atoms with Crippen molar-refractivity contribution in [2.24, 2.45) is 5.10 Å². The zero-order chi connectivity index (χ0) is 22.0. The molecule has 4 atom stereocenters. The second-order valence-corrected chi connectivity index (χ2v) is 7.27. The van der Waals surface area contributed by atoms with E-state index in [1.165, 1.54) is 17.2 Å². The number of carbonyl (C=O) groups is 1. The standard InChI is InChI=1S/C20H22N6O5/c1-11(28)6-12-2-4-13(5-3-12)7-24-25-18-15-19(22-9-21-18)26(10-23-15)20-17(30)16(29)14(8-27)31-20/h2-5,7,9-10,14,16-17,20,27,29-30H,6,8H2,1H3,(H,21,22,25)/b24-7+/t14-,16?,17+,20-/m1/s1. The molecule has 1 unspecified atom stereocenters. The van der Waals surface area contributed by atoms with E-state index in [-0.39, 0.29) is 5.78 Å². The molecule has 0 radical (unpaired) electrons. The number of aliphatic hydroxyl groups excluding tert-OH is 3. The van der Waals surface area contributed by atoms with Crippen molar-refractivity contribution in [3.05, 3.63) is 48.0 Å². The molecular weight excluding hydrogens is 404 g/mol. The number of Topliss-reactive ketones (excluding diaryl/α,β-unsaturated/α-hetero) is 1. The van der Waals surface area contributed by atoms with E-state index in [0.29, 0.717) is 23.4 Å². The summed E-state index contributed by atoms with van der Waals surface area (Å²) in [7, 11) is 0. The van der Waals surface area contributed by atoms with E-state index in [1.54, 1.807) is 13.1 Å². The molecule has 2 aromatic heterocycles. The van der Waals surface area contributed by atoms with E-state index in [9.17, 15) is 20.1 Å². The molecule has 1 fully saturated rings. The first-order valence-corrected chi connectivity index (χ1v) is 9.65. The van der Waals surface area contributed by atoms with E-state index >= 15 is 0 Å². The van der Waals surface area contributed by atoms with Crippen molar-refractivity contribution in [3.63, 3.8) is 0 Å². The first kappa shape index (κ1) is 21.0. The molecule has 0 aliphatic carbocycles. The largest absolute Gasteiger partial charge is 0.394 e. The van der Waals surface area contributed by atoms with Gasteiger partial charge in [-0.15, -0.1) is 0 Å². The molecule has 4 rings (SSSR count). The first-order chi connectivity index (χ1) is 15.0. The number of anilines is 1. The van der Waals surface area contributed by atoms with E-state index in [1.807, 2.05) is 24.3 Å². The Bertz CT molecular complexity index is 1100. The Morgan fingerprint density at radius 1 is 1.23 bits per heavy atom. The summed E-state index contributed by atoms with van der Waals surface area (Å²) in [6.07, 6.45) is 0.420. The van der Waals surface area contributed by atoms with Crippen molar-refractivity contribution in [3.8, 4) is 0 Å². The van der Waals surface area contributed by atoms with Crippen LogP contribution in [0.25, 0.3) is 11.2 Å². The minimum absolute atomic E-state index is 0.104. The normalized spacial score (nSPS) is 23.6. The molecule has 11 nitrogen and oxygen atoms in total. The summed E-state index contributed by atoms with van der Waals surface area (Å²) in [5, 5.41) is 33.7. The minimum atomic E-state index is -1.25. The fourth-order valence-corrected chi connectivity index (χ4v) is 3.41. The zero-order valence-corrected chi connectivity index (χ0v) is 16.7. The third kappa shape index (κ3) is 4.30. The van der Waals surface area contributed by atoms with Gasteiger partial charge in [-0.05, 0) is 18.1 Å². The fourth-order valence-electron chi connectivity index (χ4n) is 3.41. The fraction of sp³-hybridized carbons (Fsp3) is 0.350. The van der Waals surface area contributed by atoms with Crippen LogP contribution in [0, 0.1) is 0 Å². The SMILES string of the molecule is CC(=O)Cc1ccc(/C=N/Nc2ncnc3c2ncn3[C@@H]2O[C@H](CO)C(O)[C@@H]2O)cc1. The summed E-state index contributed by atoms with van der Waals surface area (Å²) in [5.41, 5.74) is 5.36. The molecule has 3 aromatic rings. The number of benzene rings is 1. The molecule has 1 aromatic carbocycles. The van der Waals surface area contributed by atoms with Crippen molar-refractivity contribution >= 4 is 29.0 Å². The molecule has 3 heterocycles. The molecule has 1 aliphatic heterocycles. The van der Waals surface area contributed by atoms with Gasteiger partial charge in [0.2, 0.25) is 0 Å². The molecule has 1 saturated heterocycles. The van der Waals surface area contributed by atoms with E-state index in [0.717, 1.165) is 11.1 Å². The Kier molecular flexibility index (Phi) is 6.00. The number of rotatable bonds is 7. The van der Waals surface area contributed by atoms with E-state index in [2.05, 4.69) is 25.5 Å². The van der Waals surface area contributed by atoms with Crippen LogP contribution < -0.4 is 5.43 Å². The molecule has 0 spiro atoms. The van der Waals surface area contributed by atoms with Crippen LogP contribution in [0.5, 0.6) is 0 Å². The van der Waals surface area contributed by atoms with Gasteiger partial charge in [-0.3, -0.25) is 14.8 Å². The maximum absolute atomic E-state index is 11.2. The van der Waals surface area contributed by atoms with Crippen molar-refractivity contribution in [2.75, 3.05) is 12.0 Å². The van der Waals surface area contributed by atoms with Gasteiger partial charge in [0, 0.05) is 6.42 Å². The lowest BCUT2D eigenvalue weighted by Crippen LogP contribution is -2.33. The quantitative estimate of drug-likeness (QED) is 0.302. The van der Waals surface area contributed by atoms with Gasteiger partial charge >= 0.3 is 0 Å². The number of fused-ring (bicyclic) bond motifs is 1. The first-order valence-electron chi connectivity index (χ1n) is 9.65. The summed E-state index contributed by atoms with van der Waals surface area (Å²) in [6.45, 7) is 1.13. The lowest BCUT2D eigenvalue weighted by molar-refractivity contribution is -0.116. The Morgan fingerprint density at radius 2 is 2.00 bits per heavy atom. The Balaban J connectivity index is 1.51. The van der Waals surface area contributed by atoms with Gasteiger partial charge in [0.1, 0.15) is 30.4 Å². The number of ether oxygens (including phenoxy) is 1. The Labute approximate surface area is 177 Å². The maximum atomic E-state index is 11.2. The minimum Gasteiger partial charge on any atom is -0.394 e. The third-order valence-corrected chi connectivity index (χ3v) is 4.97. The van der Waals surface area contributed by atoms with Gasteiger partial charge in [-0.2, -0.15) is 5.10 Å². The monoisotopic (exact) mass is 426 g/mol. The van der Waals surface area contributed by atoms with Gasteiger partial charge in [-0.1, -0.05) is 24.3 Å². The zero-order valence-electron chi connectivity index (χ0n) is 16.7. The van der Waals surface area contributed by atoms with Crippen LogP contribution in [-0.2, 0) is 16.0 Å². The number of imidazole rings is 1. The van der Waals surface area contributed by atoms with Crippen LogP contribution in [0.15, 0.2) is 42.0 Å². The molecule has 0 saturated carbocycles. The predicted molar refractivity (Wildman–Crippen MR) is 110 cm³/mol. The average molecular weight is 426 g/mol. The summed E-state index contributed by atoms with van der Waals surface area (Å²) in [6, 6.07) is 7.45. The highest BCUT2D eigenvalue weighted by Gasteiger charge is 2.44. The van der Waals surface area contributed by atoms with Crippen LogP contribution in [0.4, 0.5) is 5.82 Å². The number of aromatic nitrogens is 4. The Morgan fingerprint density at radius 3 is 2.68 bits per heavy atom. The van der Waals surface area contributed by atoms with Crippen molar-refractivity contribution in [1.29, 1.82) is 0 Å². The number of ketones is 1. The van der Waals surface area contributed by atoms with Crippen molar-refractivity contribution < 1.29 is 24.9 Å².